The van der Waals surface area contributed by atoms with Crippen LogP contribution in [0.1, 0.15) is 35.7 Å². The van der Waals surface area contributed by atoms with Gasteiger partial charge in [0.15, 0.2) is 0 Å². The van der Waals surface area contributed by atoms with E-state index in [4.69, 9.17) is 0 Å². The lowest BCUT2D eigenvalue weighted by atomic mass is 10.1. The highest BCUT2D eigenvalue weighted by atomic mass is 16.1. The molecule has 1 aliphatic carbocycles. The molecule has 4 rings (SSSR count). The summed E-state index contributed by atoms with van der Waals surface area (Å²) in [5.74, 6) is 0.910. The number of nitrogens with one attached hydrogen (secondary N) is 1. The number of carbonyl (C=O) groups excluding carboxylic acids is 1. The van der Waals surface area contributed by atoms with Gasteiger partial charge in [0.25, 0.3) is 5.91 Å². The summed E-state index contributed by atoms with van der Waals surface area (Å²) in [6, 6.07) is 13.0. The van der Waals surface area contributed by atoms with Gasteiger partial charge in [-0.05, 0) is 50.5 Å². The topological polar surface area (TPSA) is 48.5 Å². The van der Waals surface area contributed by atoms with E-state index in [0.29, 0.717) is 17.6 Å². The Morgan fingerprint density at radius 2 is 2.00 bits per heavy atom. The molecule has 1 saturated carbocycles. The Morgan fingerprint density at radius 1 is 1.19 bits per heavy atom. The predicted octanol–water partition coefficient (Wildman–Crippen LogP) is 3.00. The van der Waals surface area contributed by atoms with E-state index in [9.17, 15) is 4.79 Å². The average molecular weight is 350 g/mol. The summed E-state index contributed by atoms with van der Waals surface area (Å²) in [5.41, 5.74) is 3.32. The summed E-state index contributed by atoms with van der Waals surface area (Å²) in [7, 11) is 0. The van der Waals surface area contributed by atoms with Crippen molar-refractivity contribution in [2.45, 2.75) is 38.8 Å². The molecule has 1 N–H and O–H groups in total. The van der Waals surface area contributed by atoms with E-state index in [0.717, 1.165) is 38.3 Å². The number of piperazine rings is 1. The van der Waals surface area contributed by atoms with Crippen molar-refractivity contribution in [2.24, 2.45) is 0 Å². The summed E-state index contributed by atoms with van der Waals surface area (Å²) in [6.45, 7) is 7.19. The fraction of sp³-hybridized carbons (Fsp3) is 0.429. The quantitative estimate of drug-likeness (QED) is 0.921. The van der Waals surface area contributed by atoms with Gasteiger partial charge in [-0.25, -0.2) is 4.98 Å². The molecule has 0 spiro atoms. The van der Waals surface area contributed by atoms with Gasteiger partial charge in [-0.2, -0.15) is 0 Å². The van der Waals surface area contributed by atoms with Crippen molar-refractivity contribution in [1.29, 1.82) is 0 Å². The minimum absolute atomic E-state index is 0.0161. The standard InChI is InChI=1S/C21H26N4O/c1-15-5-3-4-6-19(15)24-11-12-25(16(2)14-24)20-13-17(9-10-22-20)21(26)23-18-7-8-18/h3-6,9-10,13,16,18H,7-8,11-12,14H2,1-2H3,(H,23,26)/t16-/m0/s1. The van der Waals surface area contributed by atoms with Gasteiger partial charge >= 0.3 is 0 Å². The van der Waals surface area contributed by atoms with Crippen LogP contribution in [0.5, 0.6) is 0 Å². The monoisotopic (exact) mass is 350 g/mol. The van der Waals surface area contributed by atoms with Crippen LogP contribution in [0.2, 0.25) is 0 Å². The van der Waals surface area contributed by atoms with Crippen LogP contribution < -0.4 is 15.1 Å². The molecule has 0 unspecified atom stereocenters. The Hall–Kier alpha value is -2.56. The number of carbonyl (C=O) groups is 1. The number of aryl methyl sites for hydroxylation is 1. The van der Waals surface area contributed by atoms with Crippen LogP contribution in [0.25, 0.3) is 0 Å². The Morgan fingerprint density at radius 3 is 2.73 bits per heavy atom. The van der Waals surface area contributed by atoms with Crippen molar-refractivity contribution < 1.29 is 4.79 Å². The summed E-state index contributed by atoms with van der Waals surface area (Å²) < 4.78 is 0. The lowest BCUT2D eigenvalue weighted by Crippen LogP contribution is -2.52. The molecule has 2 aromatic rings. The maximum atomic E-state index is 12.3. The molecular weight excluding hydrogens is 324 g/mol. The van der Waals surface area contributed by atoms with Gasteiger partial charge in [0, 0.05) is 49.2 Å². The van der Waals surface area contributed by atoms with Crippen LogP contribution in [-0.4, -0.2) is 42.6 Å². The third kappa shape index (κ3) is 3.52. The Labute approximate surface area is 155 Å². The van der Waals surface area contributed by atoms with E-state index in [2.05, 4.69) is 58.2 Å². The normalized spacial score (nSPS) is 20.2. The molecule has 5 heteroatoms. The fourth-order valence-corrected chi connectivity index (χ4v) is 3.65. The number of hydrogen-bond donors (Lipinski definition) is 1. The molecule has 5 nitrogen and oxygen atoms in total. The molecule has 2 heterocycles. The summed E-state index contributed by atoms with van der Waals surface area (Å²) in [4.78, 5) is 21.6. The van der Waals surface area contributed by atoms with E-state index < -0.39 is 0 Å². The minimum Gasteiger partial charge on any atom is -0.367 e. The van der Waals surface area contributed by atoms with Crippen molar-refractivity contribution in [1.82, 2.24) is 10.3 Å². The molecule has 136 valence electrons. The zero-order valence-electron chi connectivity index (χ0n) is 15.5. The van der Waals surface area contributed by atoms with Crippen LogP contribution in [0.3, 0.4) is 0 Å². The number of anilines is 2. The molecule has 26 heavy (non-hydrogen) atoms. The zero-order chi connectivity index (χ0) is 18.1. The molecule has 0 bridgehead atoms. The predicted molar refractivity (Wildman–Crippen MR) is 105 cm³/mol. The molecule has 1 aromatic heterocycles. The second kappa shape index (κ2) is 6.98. The van der Waals surface area contributed by atoms with E-state index in [1.165, 1.54) is 11.3 Å². The summed E-state index contributed by atoms with van der Waals surface area (Å²) >= 11 is 0. The number of pyridine rings is 1. The van der Waals surface area contributed by atoms with Gasteiger partial charge in [0.05, 0.1) is 0 Å². The first-order chi connectivity index (χ1) is 12.6. The second-order valence-corrected chi connectivity index (χ2v) is 7.43. The number of nitrogens with zero attached hydrogens (tertiary/aromatic N) is 3. The van der Waals surface area contributed by atoms with Crippen LogP contribution >= 0.6 is 0 Å². The van der Waals surface area contributed by atoms with E-state index in [1.54, 1.807) is 12.3 Å². The van der Waals surface area contributed by atoms with E-state index in [1.807, 2.05) is 6.07 Å². The number of benzene rings is 1. The Bertz CT molecular complexity index is 802. The molecule has 2 fully saturated rings. The Balaban J connectivity index is 1.47. The first-order valence-electron chi connectivity index (χ1n) is 9.46. The molecule has 1 atom stereocenters. The van der Waals surface area contributed by atoms with Crippen molar-refractivity contribution in [3.8, 4) is 0 Å². The highest BCUT2D eigenvalue weighted by Gasteiger charge is 2.27. The largest absolute Gasteiger partial charge is 0.367 e. The van der Waals surface area contributed by atoms with Crippen LogP contribution in [-0.2, 0) is 0 Å². The minimum atomic E-state index is 0.0161. The SMILES string of the molecule is Cc1ccccc1N1CCN(c2cc(C(=O)NC3CC3)ccn2)[C@@H](C)C1. The van der Waals surface area contributed by atoms with Gasteiger partial charge < -0.3 is 15.1 Å². The Kier molecular flexibility index (Phi) is 4.53. The number of para-hydroxylation sites is 1. The van der Waals surface area contributed by atoms with Gasteiger partial charge in [-0.1, -0.05) is 18.2 Å². The molecule has 2 aliphatic rings. The van der Waals surface area contributed by atoms with Gasteiger partial charge in [-0.3, -0.25) is 4.79 Å². The first-order valence-corrected chi connectivity index (χ1v) is 9.46. The maximum Gasteiger partial charge on any atom is 0.251 e. The lowest BCUT2D eigenvalue weighted by molar-refractivity contribution is 0.0951. The van der Waals surface area contributed by atoms with Gasteiger partial charge in [0.2, 0.25) is 0 Å². The van der Waals surface area contributed by atoms with Crippen molar-refractivity contribution in [2.75, 3.05) is 29.4 Å². The number of rotatable bonds is 4. The van der Waals surface area contributed by atoms with Crippen LogP contribution in [0.4, 0.5) is 11.5 Å². The summed E-state index contributed by atoms with van der Waals surface area (Å²) in [6.07, 6.45) is 3.95. The maximum absolute atomic E-state index is 12.3. The number of hydrogen-bond acceptors (Lipinski definition) is 4. The van der Waals surface area contributed by atoms with Crippen LogP contribution in [0.15, 0.2) is 42.6 Å². The molecule has 1 aliphatic heterocycles. The van der Waals surface area contributed by atoms with Crippen LogP contribution in [0, 0.1) is 6.92 Å². The first kappa shape index (κ1) is 16.9. The molecule has 1 amide bonds. The van der Waals surface area contributed by atoms with Gasteiger partial charge in [0.1, 0.15) is 5.82 Å². The van der Waals surface area contributed by atoms with E-state index in [-0.39, 0.29) is 5.91 Å². The fourth-order valence-electron chi connectivity index (χ4n) is 3.65. The zero-order valence-corrected chi connectivity index (χ0v) is 15.5. The third-order valence-electron chi connectivity index (χ3n) is 5.30. The number of amides is 1. The molecule has 1 aromatic carbocycles. The second-order valence-electron chi connectivity index (χ2n) is 7.43. The highest BCUT2D eigenvalue weighted by molar-refractivity contribution is 5.95. The highest BCUT2D eigenvalue weighted by Crippen LogP contribution is 2.26. The van der Waals surface area contributed by atoms with E-state index >= 15 is 0 Å². The van der Waals surface area contributed by atoms with Crippen molar-refractivity contribution >= 4 is 17.4 Å². The molecule has 0 radical (unpaired) electrons. The van der Waals surface area contributed by atoms with Crippen molar-refractivity contribution in [3.63, 3.8) is 0 Å². The van der Waals surface area contributed by atoms with Crippen molar-refractivity contribution in [3.05, 3.63) is 53.7 Å². The number of aromatic nitrogens is 1. The molecule has 1 saturated heterocycles. The molecular formula is C21H26N4O. The third-order valence-corrected chi connectivity index (χ3v) is 5.30. The van der Waals surface area contributed by atoms with Gasteiger partial charge in [-0.15, -0.1) is 0 Å². The average Bonchev–Trinajstić information content (AvgIpc) is 3.46. The lowest BCUT2D eigenvalue weighted by Gasteiger charge is -2.42. The smallest absolute Gasteiger partial charge is 0.251 e. The summed E-state index contributed by atoms with van der Waals surface area (Å²) in [5, 5.41) is 3.05.